The summed E-state index contributed by atoms with van der Waals surface area (Å²) >= 11 is 1.40. The van der Waals surface area contributed by atoms with E-state index in [1.165, 1.54) is 25.6 Å². The Morgan fingerprint density at radius 3 is 2.56 bits per heavy atom. The lowest BCUT2D eigenvalue weighted by atomic mass is 9.78. The normalized spacial score (nSPS) is 21.9. The molecule has 70 heavy (non-hydrogen) atoms. The minimum Gasteiger partial charge on any atom is -0.464 e. The molecule has 3 saturated heterocycles. The van der Waals surface area contributed by atoms with Crippen molar-refractivity contribution in [3.63, 3.8) is 0 Å². The van der Waals surface area contributed by atoms with E-state index in [9.17, 15) is 27.6 Å². The number of aryl methyl sites for hydroxylation is 1. The predicted molar refractivity (Wildman–Crippen MR) is 270 cm³/mol. The fraction of sp³-hybridized carbons (Fsp3) is 0.569. The van der Waals surface area contributed by atoms with Crippen LogP contribution in [0.3, 0.4) is 0 Å². The Balaban J connectivity index is 1.10. The summed E-state index contributed by atoms with van der Waals surface area (Å²) in [6, 6.07) is 7.26. The molecule has 1 aromatic carbocycles. The number of pyridine rings is 1. The molecule has 17 nitrogen and oxygen atoms in total. The average Bonchev–Trinajstić information content (AvgIpc) is 4.08. The van der Waals surface area contributed by atoms with E-state index in [1.807, 2.05) is 32.2 Å². The number of sulfonamides is 1. The predicted octanol–water partition coefficient (Wildman–Crippen LogP) is 6.54. The highest BCUT2D eigenvalue weighted by molar-refractivity contribution is 7.92. The van der Waals surface area contributed by atoms with Crippen molar-refractivity contribution >= 4 is 56.1 Å². The maximum atomic E-state index is 14.7. The van der Waals surface area contributed by atoms with Crippen molar-refractivity contribution in [2.75, 3.05) is 53.5 Å². The Morgan fingerprint density at radius 2 is 1.86 bits per heavy atom. The van der Waals surface area contributed by atoms with Gasteiger partial charge in [-0.1, -0.05) is 40.3 Å². The van der Waals surface area contributed by atoms with Gasteiger partial charge in [0.1, 0.15) is 18.1 Å². The lowest BCUT2D eigenvalue weighted by molar-refractivity contribution is -0.155. The number of nitrogens with one attached hydrogen (secondary N) is 2. The number of piperidine rings is 1. The lowest BCUT2D eigenvalue weighted by Gasteiger charge is -2.42. The molecule has 0 aliphatic carbocycles. The molecule has 19 heteroatoms. The van der Waals surface area contributed by atoms with Crippen molar-refractivity contribution in [1.82, 2.24) is 44.4 Å². The molecule has 3 fully saturated rings. The van der Waals surface area contributed by atoms with Crippen LogP contribution in [-0.4, -0.2) is 137 Å². The topological polar surface area (TPSA) is 189 Å². The molecule has 6 bridgehead atoms. The van der Waals surface area contributed by atoms with E-state index in [4.69, 9.17) is 19.4 Å². The Morgan fingerprint density at radius 1 is 1.11 bits per heavy atom. The van der Waals surface area contributed by atoms with E-state index >= 15 is 0 Å². The first-order chi connectivity index (χ1) is 33.3. The van der Waals surface area contributed by atoms with Crippen LogP contribution in [0.15, 0.2) is 53.9 Å². The number of carbonyl (C=O) groups is 4. The summed E-state index contributed by atoms with van der Waals surface area (Å²) in [5.74, 6) is -1.71. The molecular formula is C51H69N9O8S2. The number of ether oxygens (including phenoxy) is 2. The van der Waals surface area contributed by atoms with E-state index in [-0.39, 0.29) is 36.5 Å². The molecular weight excluding hydrogens is 931 g/mol. The first-order valence-corrected chi connectivity index (χ1v) is 26.9. The summed E-state index contributed by atoms with van der Waals surface area (Å²) in [5.41, 5.74) is 9.01. The minimum atomic E-state index is -3.53. The first-order valence-electron chi connectivity index (χ1n) is 24.6. The third kappa shape index (κ3) is 10.3. The molecule has 0 radical (unpaired) electrons. The van der Waals surface area contributed by atoms with Gasteiger partial charge in [0.25, 0.3) is 5.91 Å². The van der Waals surface area contributed by atoms with Crippen molar-refractivity contribution in [3.05, 3.63) is 70.2 Å². The quantitative estimate of drug-likeness (QED) is 0.164. The maximum Gasteiger partial charge on any atom is 0.324 e. The number of esters is 1. The number of amides is 4. The largest absolute Gasteiger partial charge is 0.464 e. The summed E-state index contributed by atoms with van der Waals surface area (Å²) in [5, 5.41) is 9.10. The van der Waals surface area contributed by atoms with Crippen LogP contribution in [-0.2, 0) is 53.3 Å². The Kier molecular flexibility index (Phi) is 15.0. The van der Waals surface area contributed by atoms with Crippen LogP contribution >= 0.6 is 11.3 Å². The van der Waals surface area contributed by atoms with E-state index in [1.54, 1.807) is 25.3 Å². The molecule has 2 N–H and O–H groups in total. The Labute approximate surface area is 416 Å². The number of likely N-dealkylation sites (tertiary alicyclic amines) is 1. The number of likely N-dealkylation sites (N-methyl/N-ethyl adjacent to an activating group) is 1. The van der Waals surface area contributed by atoms with Crippen LogP contribution in [0, 0.1) is 16.7 Å². The number of carbonyl (C=O) groups excluding carboxylic acids is 4. The monoisotopic (exact) mass is 999 g/mol. The van der Waals surface area contributed by atoms with Crippen LogP contribution in [0.25, 0.3) is 33.4 Å². The fourth-order valence-corrected chi connectivity index (χ4v) is 12.7. The molecule has 4 amide bonds. The zero-order chi connectivity index (χ0) is 50.3. The lowest BCUT2D eigenvalue weighted by Crippen LogP contribution is -2.62. The van der Waals surface area contributed by atoms with Crippen LogP contribution in [0.5, 0.6) is 0 Å². The van der Waals surface area contributed by atoms with Gasteiger partial charge in [0.2, 0.25) is 15.9 Å². The van der Waals surface area contributed by atoms with E-state index < -0.39 is 51.3 Å². The summed E-state index contributed by atoms with van der Waals surface area (Å²) in [4.78, 5) is 70.5. The molecule has 1 spiro atoms. The smallest absolute Gasteiger partial charge is 0.324 e. The van der Waals surface area contributed by atoms with E-state index in [0.29, 0.717) is 82.8 Å². The SMILES string of the molecule is C=CS(=O)(=O)N1CCC2(CCN(C(=O)N(C)[C@H](C(=O)N[C@H]3Cc4nc(cs4)-c4ccc5c(c4)c(c(-c4cccnc4[C@H](C)OC)n5CC)CC(C)(C)COC(=O)[C@@H]4CCCN(N4)C3=O)C(C)C)CC2)C1. The number of urea groups is 1. The van der Waals surface area contributed by atoms with Crippen molar-refractivity contribution in [2.45, 2.75) is 117 Å². The number of methoxy groups -OCH3 is 1. The number of aromatic nitrogens is 3. The summed E-state index contributed by atoms with van der Waals surface area (Å²) in [7, 11) is -0.236. The second kappa shape index (κ2) is 20.5. The summed E-state index contributed by atoms with van der Waals surface area (Å²) in [6.45, 7) is 18.3. The van der Waals surface area contributed by atoms with Gasteiger partial charge < -0.3 is 29.2 Å². The third-order valence-corrected chi connectivity index (χ3v) is 17.2. The Bertz CT molecular complexity index is 2740. The molecule has 4 aliphatic rings. The number of hydrogen-bond donors (Lipinski definition) is 2. The Hall–Kier alpha value is -5.21. The van der Waals surface area contributed by atoms with Gasteiger partial charge in [-0.15, -0.1) is 11.3 Å². The summed E-state index contributed by atoms with van der Waals surface area (Å²) in [6.07, 6.45) is 5.14. The van der Waals surface area contributed by atoms with Crippen LogP contribution in [0.4, 0.5) is 4.79 Å². The molecule has 378 valence electrons. The number of benzene rings is 1. The van der Waals surface area contributed by atoms with Gasteiger partial charge in [0.15, 0.2) is 0 Å². The molecule has 0 saturated carbocycles. The van der Waals surface area contributed by atoms with Crippen molar-refractivity contribution in [1.29, 1.82) is 0 Å². The van der Waals surface area contributed by atoms with Gasteiger partial charge in [-0.2, -0.15) is 4.31 Å². The van der Waals surface area contributed by atoms with Crippen LogP contribution in [0.1, 0.15) is 96.0 Å². The molecule has 7 heterocycles. The molecule has 8 rings (SSSR count). The van der Waals surface area contributed by atoms with Crippen molar-refractivity contribution in [3.8, 4) is 22.5 Å². The molecule has 4 atom stereocenters. The van der Waals surface area contributed by atoms with E-state index in [0.717, 1.165) is 50.1 Å². The standard InChI is InChI=1S/C51H69N9O8S2/c1-10-59-41-17-16-34-26-36(41)37(45(59)35-14-12-21-52-43(35)33(5)67-9)28-50(6,7)31-68-48(63)38-15-13-22-60(55-38)47(62)39(27-42-53-40(34)29-69-42)54-46(61)44(32(3)4)56(8)49(64)57-23-18-51(19-24-57)20-25-58(30-51)70(65,66)11-2/h11-12,14,16-17,21,26,29,32-33,38-39,44,55H,2,10,13,15,18-20,22-25,27-28,30-31H2,1,3-9H3,(H,54,61)/t33-,38-,39-,44-/m0/s1. The molecule has 4 aliphatic heterocycles. The second-order valence-corrected chi connectivity index (χ2v) is 23.5. The van der Waals surface area contributed by atoms with Gasteiger partial charge in [-0.3, -0.25) is 24.4 Å². The van der Waals surface area contributed by atoms with Gasteiger partial charge in [-0.25, -0.2) is 23.6 Å². The first kappa shape index (κ1) is 51.2. The average molecular weight is 1000 g/mol. The number of rotatable bonds is 10. The molecule has 0 unspecified atom stereocenters. The zero-order valence-electron chi connectivity index (χ0n) is 41.8. The maximum absolute atomic E-state index is 14.7. The van der Waals surface area contributed by atoms with Gasteiger partial charge in [0.05, 0.1) is 34.8 Å². The second-order valence-electron chi connectivity index (χ2n) is 20.6. The van der Waals surface area contributed by atoms with Gasteiger partial charge >= 0.3 is 12.0 Å². The number of cyclic esters (lactones) is 1. The highest BCUT2D eigenvalue weighted by atomic mass is 32.2. The molecule has 3 aromatic heterocycles. The number of fused-ring (bicyclic) bond motifs is 6. The number of hydrogen-bond acceptors (Lipinski definition) is 12. The van der Waals surface area contributed by atoms with Gasteiger partial charge in [0, 0.05) is 104 Å². The number of hydrazine groups is 1. The zero-order valence-corrected chi connectivity index (χ0v) is 43.5. The van der Waals surface area contributed by atoms with Crippen LogP contribution in [0.2, 0.25) is 0 Å². The van der Waals surface area contributed by atoms with Gasteiger partial charge in [-0.05, 0) is 93.5 Å². The third-order valence-electron chi connectivity index (χ3n) is 14.8. The van der Waals surface area contributed by atoms with Crippen molar-refractivity contribution in [2.24, 2.45) is 16.7 Å². The highest BCUT2D eigenvalue weighted by Crippen LogP contribution is 2.43. The number of nitrogens with zero attached hydrogens (tertiary/aromatic N) is 7. The van der Waals surface area contributed by atoms with E-state index in [2.05, 4.69) is 66.9 Å². The fourth-order valence-electron chi connectivity index (χ4n) is 10.9. The molecule has 4 aromatic rings. The highest BCUT2D eigenvalue weighted by Gasteiger charge is 2.46. The minimum absolute atomic E-state index is 0.0668. The summed E-state index contributed by atoms with van der Waals surface area (Å²) < 4.78 is 40.8. The number of thiazole rings is 1. The van der Waals surface area contributed by atoms with Crippen LogP contribution < -0.4 is 10.7 Å². The van der Waals surface area contributed by atoms with Crippen molar-refractivity contribution < 1.29 is 37.1 Å².